The first-order valence-corrected chi connectivity index (χ1v) is 6.08. The van der Waals surface area contributed by atoms with Crippen LogP contribution in [0.1, 0.15) is 41.5 Å². The van der Waals surface area contributed by atoms with Gasteiger partial charge in [-0.3, -0.25) is 0 Å². The molecule has 0 amide bonds. The Morgan fingerprint density at radius 1 is 0.556 bits per heavy atom. The van der Waals surface area contributed by atoms with Gasteiger partial charge in [0.15, 0.2) is 0 Å². The van der Waals surface area contributed by atoms with Crippen LogP contribution in [-0.4, -0.2) is 47.4 Å². The summed E-state index contributed by atoms with van der Waals surface area (Å²) in [6.07, 6.45) is 0. The normalized spacial score (nSPS) is 8.33. The predicted molar refractivity (Wildman–Crippen MR) is 73.9 cm³/mol. The van der Waals surface area contributed by atoms with Gasteiger partial charge in [-0.2, -0.15) is 0 Å². The summed E-state index contributed by atoms with van der Waals surface area (Å²) in [6.45, 7) is 12.7. The Bertz CT molecular complexity index is 80.0. The van der Waals surface area contributed by atoms with E-state index in [4.69, 9.17) is 20.4 Å². The van der Waals surface area contributed by atoms with Gasteiger partial charge in [0.2, 0.25) is 0 Å². The van der Waals surface area contributed by atoms with Crippen LogP contribution in [0, 0.1) is 17.8 Å². The molecule has 0 aromatic carbocycles. The van der Waals surface area contributed by atoms with E-state index in [9.17, 15) is 0 Å². The molecular formula is C13H34O4Ti. The summed E-state index contributed by atoms with van der Waals surface area (Å²) in [7, 11) is 1.00. The van der Waals surface area contributed by atoms with Crippen molar-refractivity contribution in [3.63, 3.8) is 0 Å². The first-order valence-electron chi connectivity index (χ1n) is 6.08. The van der Waals surface area contributed by atoms with Crippen LogP contribution in [0.15, 0.2) is 0 Å². The molecule has 0 aliphatic rings. The van der Waals surface area contributed by atoms with E-state index in [1.165, 1.54) is 0 Å². The Morgan fingerprint density at radius 3 is 0.611 bits per heavy atom. The predicted octanol–water partition coefficient (Wildman–Crippen LogP) is 1.51. The Morgan fingerprint density at radius 2 is 0.611 bits per heavy atom. The maximum absolute atomic E-state index is 8.14. The molecule has 4 N–H and O–H groups in total. The molecule has 0 aliphatic carbocycles. The summed E-state index contributed by atoms with van der Waals surface area (Å²) in [6, 6.07) is 0. The molecule has 0 fully saturated rings. The Balaban J connectivity index is -0.0000000427. The number of aliphatic hydroxyl groups is 4. The van der Waals surface area contributed by atoms with Crippen molar-refractivity contribution < 1.29 is 42.1 Å². The summed E-state index contributed by atoms with van der Waals surface area (Å²) in [5, 5.41) is 31.4. The summed E-state index contributed by atoms with van der Waals surface area (Å²) < 4.78 is 0. The van der Waals surface area contributed by atoms with Crippen molar-refractivity contribution in [2.24, 2.45) is 17.8 Å². The standard InChI is InChI=1S/3C4H10O.CH4O.Ti/c3*1-4(2)3-5;1-2;/h3*4-5H,3H2,1-2H3;2H,1H3;. The van der Waals surface area contributed by atoms with E-state index in [-0.39, 0.29) is 21.7 Å². The molecule has 0 heterocycles. The monoisotopic (exact) mass is 302 g/mol. The van der Waals surface area contributed by atoms with Crippen LogP contribution in [0.5, 0.6) is 0 Å². The zero-order chi connectivity index (χ0) is 14.9. The van der Waals surface area contributed by atoms with Gasteiger partial charge in [0, 0.05) is 48.6 Å². The molecule has 0 aromatic rings. The minimum absolute atomic E-state index is 0. The number of rotatable bonds is 3. The van der Waals surface area contributed by atoms with Crippen molar-refractivity contribution in [1.82, 2.24) is 0 Å². The van der Waals surface area contributed by atoms with Crippen LogP contribution < -0.4 is 0 Å². The van der Waals surface area contributed by atoms with Gasteiger partial charge in [-0.25, -0.2) is 0 Å². The fourth-order valence-corrected chi connectivity index (χ4v) is 0. The molecule has 0 aliphatic heterocycles. The van der Waals surface area contributed by atoms with Gasteiger partial charge in [0.1, 0.15) is 0 Å². The molecule has 0 bridgehead atoms. The molecule has 4 nitrogen and oxygen atoms in total. The van der Waals surface area contributed by atoms with E-state index in [0.717, 1.165) is 7.11 Å². The van der Waals surface area contributed by atoms with Crippen LogP contribution in [0.3, 0.4) is 0 Å². The molecule has 0 saturated heterocycles. The van der Waals surface area contributed by atoms with E-state index in [2.05, 4.69) is 0 Å². The SMILES string of the molecule is CC(C)CO.CC(C)CO.CC(C)CO.CO.[Ti]. The fraction of sp³-hybridized carbons (Fsp3) is 1.00. The molecule has 0 rings (SSSR count). The maximum atomic E-state index is 8.14. The number of aliphatic hydroxyl groups excluding tert-OH is 4. The van der Waals surface area contributed by atoms with E-state index in [1.54, 1.807) is 0 Å². The number of hydrogen-bond donors (Lipinski definition) is 4. The van der Waals surface area contributed by atoms with Crippen molar-refractivity contribution >= 4 is 0 Å². The molecule has 0 aromatic heterocycles. The second-order valence-corrected chi connectivity index (χ2v) is 4.73. The molecular weight excluding hydrogens is 268 g/mol. The van der Waals surface area contributed by atoms with Gasteiger partial charge in [0.25, 0.3) is 0 Å². The van der Waals surface area contributed by atoms with E-state index in [0.29, 0.717) is 37.6 Å². The van der Waals surface area contributed by atoms with E-state index >= 15 is 0 Å². The molecule has 0 saturated carbocycles. The molecule has 0 unspecified atom stereocenters. The summed E-state index contributed by atoms with van der Waals surface area (Å²) in [4.78, 5) is 0. The smallest absolute Gasteiger partial charge is 0.0453 e. The molecule has 5 heteroatoms. The van der Waals surface area contributed by atoms with Crippen LogP contribution >= 0.6 is 0 Å². The first-order chi connectivity index (χ1) is 7.81. The second kappa shape index (κ2) is 30.5. The molecule has 0 radical (unpaired) electrons. The van der Waals surface area contributed by atoms with Gasteiger partial charge in [-0.05, 0) is 17.8 Å². The van der Waals surface area contributed by atoms with Gasteiger partial charge >= 0.3 is 0 Å². The van der Waals surface area contributed by atoms with Crippen LogP contribution in [-0.2, 0) is 21.7 Å². The zero-order valence-electron chi connectivity index (χ0n) is 13.1. The van der Waals surface area contributed by atoms with Crippen LogP contribution in [0.2, 0.25) is 0 Å². The van der Waals surface area contributed by atoms with Crippen molar-refractivity contribution in [3.8, 4) is 0 Å². The third kappa shape index (κ3) is 93.2. The Labute approximate surface area is 128 Å². The zero-order valence-corrected chi connectivity index (χ0v) is 14.7. The third-order valence-electron chi connectivity index (χ3n) is 1.10. The van der Waals surface area contributed by atoms with E-state index < -0.39 is 0 Å². The van der Waals surface area contributed by atoms with Gasteiger partial charge < -0.3 is 20.4 Å². The Kier molecular flexibility index (Phi) is 52.8. The van der Waals surface area contributed by atoms with Crippen molar-refractivity contribution in [1.29, 1.82) is 0 Å². The molecule has 0 spiro atoms. The summed E-state index contributed by atoms with van der Waals surface area (Å²) in [5.74, 6) is 1.32. The minimum Gasteiger partial charge on any atom is -0.400 e. The summed E-state index contributed by atoms with van der Waals surface area (Å²) >= 11 is 0. The average molecular weight is 302 g/mol. The first kappa shape index (κ1) is 31.1. The largest absolute Gasteiger partial charge is 0.400 e. The maximum Gasteiger partial charge on any atom is 0.0453 e. The van der Waals surface area contributed by atoms with Crippen molar-refractivity contribution in [2.45, 2.75) is 41.5 Å². The van der Waals surface area contributed by atoms with Gasteiger partial charge in [0.05, 0.1) is 0 Å². The molecule has 0 atom stereocenters. The van der Waals surface area contributed by atoms with Gasteiger partial charge in [-0.15, -0.1) is 0 Å². The van der Waals surface area contributed by atoms with Crippen LogP contribution in [0.25, 0.3) is 0 Å². The van der Waals surface area contributed by atoms with E-state index in [1.807, 2.05) is 41.5 Å². The fourth-order valence-electron chi connectivity index (χ4n) is 0. The average Bonchev–Trinajstić information content (AvgIpc) is 2.32. The molecule has 18 heavy (non-hydrogen) atoms. The summed E-state index contributed by atoms with van der Waals surface area (Å²) in [5.41, 5.74) is 0. The molecule has 114 valence electrons. The van der Waals surface area contributed by atoms with Crippen molar-refractivity contribution in [3.05, 3.63) is 0 Å². The Hall–Kier alpha value is 0.554. The van der Waals surface area contributed by atoms with Gasteiger partial charge in [-0.1, -0.05) is 41.5 Å². The second-order valence-electron chi connectivity index (χ2n) is 4.73. The number of hydrogen-bond acceptors (Lipinski definition) is 4. The topological polar surface area (TPSA) is 80.9 Å². The third-order valence-corrected chi connectivity index (χ3v) is 1.10. The van der Waals surface area contributed by atoms with Crippen LogP contribution in [0.4, 0.5) is 0 Å². The minimum atomic E-state index is 0. The quantitative estimate of drug-likeness (QED) is 0.596. The van der Waals surface area contributed by atoms with Crippen molar-refractivity contribution in [2.75, 3.05) is 26.9 Å².